The van der Waals surface area contributed by atoms with Crippen molar-refractivity contribution >= 4 is 11.5 Å². The molecule has 0 saturated heterocycles. The summed E-state index contributed by atoms with van der Waals surface area (Å²) in [6, 6.07) is 9.70. The van der Waals surface area contributed by atoms with Gasteiger partial charge in [0.1, 0.15) is 11.9 Å². The van der Waals surface area contributed by atoms with Gasteiger partial charge in [0.15, 0.2) is 5.69 Å². The lowest BCUT2D eigenvalue weighted by Crippen LogP contribution is -2.06. The molecule has 90 valence electrons. The van der Waals surface area contributed by atoms with E-state index in [4.69, 9.17) is 11.0 Å². The number of nitrogens with two attached hydrogens (primary N) is 1. The molecule has 0 saturated carbocycles. The van der Waals surface area contributed by atoms with Gasteiger partial charge in [-0.1, -0.05) is 12.1 Å². The van der Waals surface area contributed by atoms with Crippen LogP contribution in [0.3, 0.4) is 0 Å². The Morgan fingerprint density at radius 1 is 1.17 bits per heavy atom. The molecule has 0 aliphatic rings. The summed E-state index contributed by atoms with van der Waals surface area (Å²) in [6.45, 7) is 0.754. The van der Waals surface area contributed by atoms with Gasteiger partial charge in [-0.2, -0.15) is 5.26 Å². The molecule has 1 aromatic carbocycles. The Morgan fingerprint density at radius 2 is 1.94 bits per heavy atom. The van der Waals surface area contributed by atoms with E-state index in [9.17, 15) is 0 Å². The Kier molecular flexibility index (Phi) is 3.72. The first-order valence-electron chi connectivity index (χ1n) is 5.58. The van der Waals surface area contributed by atoms with Gasteiger partial charge in [0.2, 0.25) is 0 Å². The van der Waals surface area contributed by atoms with Crippen molar-refractivity contribution in [1.82, 2.24) is 9.97 Å². The van der Waals surface area contributed by atoms with Crippen molar-refractivity contribution in [3.05, 3.63) is 47.9 Å². The lowest BCUT2D eigenvalue weighted by atomic mass is 10.1. The van der Waals surface area contributed by atoms with Gasteiger partial charge < -0.3 is 11.1 Å². The van der Waals surface area contributed by atoms with Gasteiger partial charge in [0, 0.05) is 12.2 Å². The van der Waals surface area contributed by atoms with E-state index in [0.29, 0.717) is 11.5 Å². The molecule has 5 heteroatoms. The molecule has 3 N–H and O–H groups in total. The predicted molar refractivity (Wildman–Crippen MR) is 69.8 cm³/mol. The van der Waals surface area contributed by atoms with E-state index in [-0.39, 0.29) is 0 Å². The van der Waals surface area contributed by atoms with Crippen LogP contribution in [0.25, 0.3) is 0 Å². The van der Waals surface area contributed by atoms with Crippen molar-refractivity contribution in [2.75, 3.05) is 17.6 Å². The van der Waals surface area contributed by atoms with Crippen LogP contribution >= 0.6 is 0 Å². The molecule has 0 fully saturated rings. The zero-order chi connectivity index (χ0) is 12.8. The molecule has 0 unspecified atom stereocenters. The van der Waals surface area contributed by atoms with Crippen molar-refractivity contribution in [3.8, 4) is 6.07 Å². The molecule has 0 spiro atoms. The Bertz CT molecular complexity index is 539. The third-order valence-corrected chi connectivity index (χ3v) is 2.47. The maximum atomic E-state index is 8.59. The van der Waals surface area contributed by atoms with E-state index in [1.54, 1.807) is 6.20 Å². The summed E-state index contributed by atoms with van der Waals surface area (Å²) in [5, 5.41) is 11.7. The summed E-state index contributed by atoms with van der Waals surface area (Å²) in [4.78, 5) is 8.01. The van der Waals surface area contributed by atoms with Crippen LogP contribution in [0.2, 0.25) is 0 Å². The first-order chi connectivity index (χ1) is 8.78. The molecule has 1 heterocycles. The third-order valence-electron chi connectivity index (χ3n) is 2.47. The van der Waals surface area contributed by atoms with Crippen LogP contribution in [0.15, 0.2) is 36.7 Å². The summed E-state index contributed by atoms with van der Waals surface area (Å²) in [7, 11) is 0. The number of nitrogens with one attached hydrogen (secondary N) is 1. The minimum atomic E-state index is 0.319. The Balaban J connectivity index is 1.84. The summed E-state index contributed by atoms with van der Waals surface area (Å²) >= 11 is 0. The van der Waals surface area contributed by atoms with Crippen LogP contribution in [0.1, 0.15) is 11.3 Å². The van der Waals surface area contributed by atoms with Crippen molar-refractivity contribution in [2.45, 2.75) is 6.42 Å². The quantitative estimate of drug-likeness (QED) is 0.791. The van der Waals surface area contributed by atoms with Gasteiger partial charge in [-0.25, -0.2) is 9.97 Å². The highest BCUT2D eigenvalue weighted by Crippen LogP contribution is 2.06. The number of anilines is 2. The number of rotatable bonds is 4. The van der Waals surface area contributed by atoms with Crippen LogP contribution in [0.5, 0.6) is 0 Å². The average Bonchev–Trinajstić information content (AvgIpc) is 2.42. The topological polar surface area (TPSA) is 87.6 Å². The molecule has 0 aliphatic carbocycles. The molecule has 2 rings (SSSR count). The lowest BCUT2D eigenvalue weighted by molar-refractivity contribution is 0.998. The van der Waals surface area contributed by atoms with Crippen LogP contribution in [-0.4, -0.2) is 16.5 Å². The lowest BCUT2D eigenvalue weighted by Gasteiger charge is -2.05. The highest BCUT2D eigenvalue weighted by molar-refractivity contribution is 5.39. The van der Waals surface area contributed by atoms with E-state index in [1.165, 1.54) is 11.8 Å². The van der Waals surface area contributed by atoms with Gasteiger partial charge in [-0.3, -0.25) is 0 Å². The van der Waals surface area contributed by atoms with Crippen LogP contribution in [0, 0.1) is 11.3 Å². The first-order valence-corrected chi connectivity index (χ1v) is 5.58. The molecule has 0 amide bonds. The minimum absolute atomic E-state index is 0.319. The number of hydrogen-bond acceptors (Lipinski definition) is 5. The van der Waals surface area contributed by atoms with E-state index in [2.05, 4.69) is 15.3 Å². The summed E-state index contributed by atoms with van der Waals surface area (Å²) in [6.07, 6.45) is 3.88. The second-order valence-electron chi connectivity index (χ2n) is 3.82. The maximum absolute atomic E-state index is 8.59. The Morgan fingerprint density at radius 3 is 2.56 bits per heavy atom. The number of aromatic nitrogens is 2. The smallest absolute Gasteiger partial charge is 0.158 e. The van der Waals surface area contributed by atoms with E-state index < -0.39 is 0 Å². The fraction of sp³-hybridized carbons (Fsp3) is 0.154. The number of nitrogen functional groups attached to an aromatic ring is 1. The molecule has 5 nitrogen and oxygen atoms in total. The molecule has 2 aromatic rings. The average molecular weight is 239 g/mol. The first kappa shape index (κ1) is 11.9. The summed E-state index contributed by atoms with van der Waals surface area (Å²) in [5.74, 6) is 0.671. The van der Waals surface area contributed by atoms with Crippen LogP contribution < -0.4 is 11.1 Å². The van der Waals surface area contributed by atoms with E-state index in [1.807, 2.05) is 30.3 Å². The molecule has 0 bridgehead atoms. The summed E-state index contributed by atoms with van der Waals surface area (Å²) < 4.78 is 0. The fourth-order valence-corrected chi connectivity index (χ4v) is 1.50. The standard InChI is InChI=1S/C13H13N5/c14-7-12-8-18-13(9-17-12)16-6-5-10-1-3-11(15)4-2-10/h1-4,8-9H,5-6,15H2,(H,16,18). The van der Waals surface area contributed by atoms with Crippen molar-refractivity contribution < 1.29 is 0 Å². The van der Waals surface area contributed by atoms with Crippen molar-refractivity contribution in [1.29, 1.82) is 5.26 Å². The zero-order valence-electron chi connectivity index (χ0n) is 9.80. The molecular formula is C13H13N5. The number of nitriles is 1. The zero-order valence-corrected chi connectivity index (χ0v) is 9.80. The van der Waals surface area contributed by atoms with Gasteiger partial charge in [-0.15, -0.1) is 0 Å². The highest BCUT2D eigenvalue weighted by atomic mass is 15.0. The monoisotopic (exact) mass is 239 g/mol. The molecular weight excluding hydrogens is 226 g/mol. The minimum Gasteiger partial charge on any atom is -0.399 e. The summed E-state index contributed by atoms with van der Waals surface area (Å²) in [5.41, 5.74) is 7.91. The second-order valence-corrected chi connectivity index (χ2v) is 3.82. The number of benzene rings is 1. The fourth-order valence-electron chi connectivity index (χ4n) is 1.50. The van der Waals surface area contributed by atoms with Crippen LogP contribution in [-0.2, 0) is 6.42 Å². The molecule has 0 aliphatic heterocycles. The van der Waals surface area contributed by atoms with E-state index >= 15 is 0 Å². The molecule has 0 radical (unpaired) electrons. The van der Waals surface area contributed by atoms with Gasteiger partial charge in [-0.05, 0) is 24.1 Å². The number of hydrogen-bond donors (Lipinski definition) is 2. The number of nitrogens with zero attached hydrogens (tertiary/aromatic N) is 3. The molecule has 0 atom stereocenters. The Hall–Kier alpha value is -2.61. The SMILES string of the molecule is N#Cc1cnc(NCCc2ccc(N)cc2)cn1. The van der Waals surface area contributed by atoms with Crippen molar-refractivity contribution in [3.63, 3.8) is 0 Å². The van der Waals surface area contributed by atoms with Gasteiger partial charge in [0.25, 0.3) is 0 Å². The van der Waals surface area contributed by atoms with Crippen LogP contribution in [0.4, 0.5) is 11.5 Å². The predicted octanol–water partition coefficient (Wildman–Crippen LogP) is 1.59. The molecule has 1 aromatic heterocycles. The van der Waals surface area contributed by atoms with Gasteiger partial charge >= 0.3 is 0 Å². The molecule has 18 heavy (non-hydrogen) atoms. The largest absolute Gasteiger partial charge is 0.399 e. The Labute approximate surface area is 105 Å². The third kappa shape index (κ3) is 3.19. The van der Waals surface area contributed by atoms with Gasteiger partial charge in [0.05, 0.1) is 12.4 Å². The maximum Gasteiger partial charge on any atom is 0.158 e. The second kappa shape index (κ2) is 5.64. The normalized spacial score (nSPS) is 9.72. The van der Waals surface area contributed by atoms with Crippen molar-refractivity contribution in [2.24, 2.45) is 0 Å². The highest BCUT2D eigenvalue weighted by Gasteiger charge is 1.97. The van der Waals surface area contributed by atoms with E-state index in [0.717, 1.165) is 18.7 Å².